The van der Waals surface area contributed by atoms with Gasteiger partial charge in [-0.15, -0.1) is 5.10 Å². The first-order valence-corrected chi connectivity index (χ1v) is 9.66. The van der Waals surface area contributed by atoms with Gasteiger partial charge in [0.2, 0.25) is 5.95 Å². The molecular formula is C16H21N5O2S. The molecule has 1 aliphatic heterocycles. The fraction of sp³-hybridized carbons (Fsp3) is 0.438. The zero-order chi connectivity index (χ0) is 17.3. The number of rotatable bonds is 4. The van der Waals surface area contributed by atoms with Crippen LogP contribution in [0.3, 0.4) is 0 Å². The van der Waals surface area contributed by atoms with E-state index in [2.05, 4.69) is 44.9 Å². The molecule has 0 radical (unpaired) electrons. The van der Waals surface area contributed by atoms with Gasteiger partial charge in [-0.2, -0.15) is 10.1 Å². The van der Waals surface area contributed by atoms with Gasteiger partial charge in [-0.25, -0.2) is 8.42 Å². The van der Waals surface area contributed by atoms with Crippen molar-refractivity contribution in [1.82, 2.24) is 15.2 Å². The van der Waals surface area contributed by atoms with Gasteiger partial charge in [0.25, 0.3) is 0 Å². The zero-order valence-corrected chi connectivity index (χ0v) is 14.8. The number of hydrogen-bond donors (Lipinski definition) is 2. The van der Waals surface area contributed by atoms with Gasteiger partial charge in [-0.3, -0.25) is 0 Å². The second-order valence-electron chi connectivity index (χ2n) is 6.31. The SMILES string of the molecule is Cc1cc(C)c(Nc2cnnc(NC3CCS(=O)(=O)C3)n2)c(C)c1. The Kier molecular flexibility index (Phi) is 4.40. The highest BCUT2D eigenvalue weighted by Crippen LogP contribution is 2.25. The van der Waals surface area contributed by atoms with Crippen LogP contribution in [0.5, 0.6) is 0 Å². The van der Waals surface area contributed by atoms with Gasteiger partial charge in [0.15, 0.2) is 15.7 Å². The summed E-state index contributed by atoms with van der Waals surface area (Å²) in [6, 6.07) is 4.05. The quantitative estimate of drug-likeness (QED) is 0.874. The maximum Gasteiger partial charge on any atom is 0.244 e. The molecule has 1 fully saturated rings. The van der Waals surface area contributed by atoms with Crippen LogP contribution in [0.2, 0.25) is 0 Å². The van der Waals surface area contributed by atoms with E-state index < -0.39 is 9.84 Å². The van der Waals surface area contributed by atoms with Crippen LogP contribution in [-0.2, 0) is 9.84 Å². The first kappa shape index (κ1) is 16.6. The summed E-state index contributed by atoms with van der Waals surface area (Å²) in [6.45, 7) is 6.15. The molecule has 2 N–H and O–H groups in total. The van der Waals surface area contributed by atoms with Crippen LogP contribution < -0.4 is 10.6 Å². The van der Waals surface area contributed by atoms with Crippen molar-refractivity contribution in [3.8, 4) is 0 Å². The molecule has 0 spiro atoms. The molecule has 24 heavy (non-hydrogen) atoms. The number of benzene rings is 1. The predicted octanol–water partition coefficient (Wildman–Crippen LogP) is 2.14. The summed E-state index contributed by atoms with van der Waals surface area (Å²) in [5.74, 6) is 1.23. The highest BCUT2D eigenvalue weighted by atomic mass is 32.2. The summed E-state index contributed by atoms with van der Waals surface area (Å²) in [5.41, 5.74) is 4.46. The summed E-state index contributed by atoms with van der Waals surface area (Å²) >= 11 is 0. The predicted molar refractivity (Wildman–Crippen MR) is 94.4 cm³/mol. The van der Waals surface area contributed by atoms with Crippen molar-refractivity contribution >= 4 is 27.3 Å². The van der Waals surface area contributed by atoms with Gasteiger partial charge < -0.3 is 10.6 Å². The average Bonchev–Trinajstić information content (AvgIpc) is 2.82. The van der Waals surface area contributed by atoms with Crippen molar-refractivity contribution in [1.29, 1.82) is 0 Å². The summed E-state index contributed by atoms with van der Waals surface area (Å²) < 4.78 is 23.1. The summed E-state index contributed by atoms with van der Waals surface area (Å²) in [7, 11) is -2.94. The van der Waals surface area contributed by atoms with E-state index in [1.54, 1.807) is 6.20 Å². The molecule has 8 heteroatoms. The number of aromatic nitrogens is 3. The Morgan fingerprint density at radius 2 is 1.88 bits per heavy atom. The third-order valence-corrected chi connectivity index (χ3v) is 5.82. The molecule has 1 aromatic carbocycles. The third-order valence-electron chi connectivity index (χ3n) is 4.05. The fourth-order valence-corrected chi connectivity index (χ4v) is 4.69. The van der Waals surface area contributed by atoms with Crippen LogP contribution in [0.1, 0.15) is 23.1 Å². The number of hydrogen-bond acceptors (Lipinski definition) is 7. The number of nitrogens with zero attached hydrogens (tertiary/aromatic N) is 3. The number of aryl methyl sites for hydroxylation is 3. The minimum atomic E-state index is -2.94. The maximum absolute atomic E-state index is 11.5. The molecule has 1 atom stereocenters. The summed E-state index contributed by atoms with van der Waals surface area (Å²) in [4.78, 5) is 4.39. The first-order chi connectivity index (χ1) is 11.3. The molecule has 3 rings (SSSR count). The minimum Gasteiger partial charge on any atom is -0.349 e. The molecule has 1 saturated heterocycles. The summed E-state index contributed by atoms with van der Waals surface area (Å²) in [5, 5.41) is 14.2. The number of anilines is 3. The van der Waals surface area contributed by atoms with E-state index >= 15 is 0 Å². The van der Waals surface area contributed by atoms with Crippen LogP contribution in [0.25, 0.3) is 0 Å². The molecule has 2 aromatic rings. The molecule has 0 saturated carbocycles. The second kappa shape index (κ2) is 6.35. The van der Waals surface area contributed by atoms with Gasteiger partial charge in [0.1, 0.15) is 0 Å². The van der Waals surface area contributed by atoms with E-state index in [0.717, 1.165) is 16.8 Å². The maximum atomic E-state index is 11.5. The molecule has 1 aliphatic rings. The standard InChI is InChI=1S/C16H21N5O2S/c1-10-6-11(2)15(12(3)7-10)19-14-8-17-21-16(20-14)18-13-4-5-24(22,23)9-13/h6-8,13H,4-5,9H2,1-3H3,(H2,18,19,20,21). The summed E-state index contributed by atoms with van der Waals surface area (Å²) in [6.07, 6.45) is 2.12. The monoisotopic (exact) mass is 347 g/mol. The lowest BCUT2D eigenvalue weighted by molar-refractivity contribution is 0.602. The van der Waals surface area contributed by atoms with Crippen molar-refractivity contribution < 1.29 is 8.42 Å². The Hall–Kier alpha value is -2.22. The third kappa shape index (κ3) is 3.81. The largest absolute Gasteiger partial charge is 0.349 e. The van der Waals surface area contributed by atoms with Crippen LogP contribution in [0, 0.1) is 20.8 Å². The Morgan fingerprint density at radius 3 is 2.50 bits per heavy atom. The van der Waals surface area contributed by atoms with Gasteiger partial charge in [0, 0.05) is 11.7 Å². The van der Waals surface area contributed by atoms with Crippen LogP contribution in [0.15, 0.2) is 18.3 Å². The van der Waals surface area contributed by atoms with Crippen molar-refractivity contribution in [2.75, 3.05) is 22.1 Å². The Labute approximate surface area is 141 Å². The highest BCUT2D eigenvalue weighted by Gasteiger charge is 2.28. The molecule has 0 aliphatic carbocycles. The van der Waals surface area contributed by atoms with Gasteiger partial charge >= 0.3 is 0 Å². The molecule has 2 heterocycles. The van der Waals surface area contributed by atoms with E-state index in [1.807, 2.05) is 13.8 Å². The van der Waals surface area contributed by atoms with Crippen molar-refractivity contribution in [3.05, 3.63) is 35.0 Å². The van der Waals surface area contributed by atoms with E-state index in [0.29, 0.717) is 18.2 Å². The number of sulfone groups is 1. The molecule has 0 amide bonds. The minimum absolute atomic E-state index is 0.115. The topological polar surface area (TPSA) is 96.9 Å². The van der Waals surface area contributed by atoms with Crippen LogP contribution >= 0.6 is 0 Å². The lowest BCUT2D eigenvalue weighted by Crippen LogP contribution is -2.22. The molecule has 128 valence electrons. The molecule has 1 unspecified atom stereocenters. The normalized spacial score (nSPS) is 19.2. The molecule has 7 nitrogen and oxygen atoms in total. The average molecular weight is 347 g/mol. The smallest absolute Gasteiger partial charge is 0.244 e. The van der Waals surface area contributed by atoms with E-state index in [1.165, 1.54) is 5.56 Å². The fourth-order valence-electron chi connectivity index (χ4n) is 3.02. The van der Waals surface area contributed by atoms with E-state index in [4.69, 9.17) is 0 Å². The van der Waals surface area contributed by atoms with Crippen molar-refractivity contribution in [3.63, 3.8) is 0 Å². The lowest BCUT2D eigenvalue weighted by atomic mass is 10.1. The van der Waals surface area contributed by atoms with E-state index in [-0.39, 0.29) is 17.5 Å². The second-order valence-corrected chi connectivity index (χ2v) is 8.54. The highest BCUT2D eigenvalue weighted by molar-refractivity contribution is 7.91. The Bertz CT molecular complexity index is 844. The molecule has 1 aromatic heterocycles. The van der Waals surface area contributed by atoms with Gasteiger partial charge in [-0.05, 0) is 38.3 Å². The van der Waals surface area contributed by atoms with Crippen LogP contribution in [-0.4, -0.2) is 41.1 Å². The van der Waals surface area contributed by atoms with E-state index in [9.17, 15) is 8.42 Å². The Morgan fingerprint density at radius 1 is 1.17 bits per heavy atom. The first-order valence-electron chi connectivity index (χ1n) is 7.84. The number of nitrogens with one attached hydrogen (secondary N) is 2. The van der Waals surface area contributed by atoms with Crippen molar-refractivity contribution in [2.24, 2.45) is 0 Å². The van der Waals surface area contributed by atoms with Crippen molar-refractivity contribution in [2.45, 2.75) is 33.2 Å². The van der Waals surface area contributed by atoms with Gasteiger partial charge in [0.05, 0.1) is 17.7 Å². The molecular weight excluding hydrogens is 326 g/mol. The molecule has 0 bridgehead atoms. The van der Waals surface area contributed by atoms with Crippen LogP contribution in [0.4, 0.5) is 17.5 Å². The zero-order valence-electron chi connectivity index (χ0n) is 14.0. The lowest BCUT2D eigenvalue weighted by Gasteiger charge is -2.14. The Balaban J connectivity index is 1.77. The van der Waals surface area contributed by atoms with Gasteiger partial charge in [-0.1, -0.05) is 17.7 Å².